The van der Waals surface area contributed by atoms with Crippen LogP contribution in [0.3, 0.4) is 0 Å². The third-order valence-corrected chi connectivity index (χ3v) is 7.40. The summed E-state index contributed by atoms with van der Waals surface area (Å²) in [5.74, 6) is 0. The van der Waals surface area contributed by atoms with Crippen LogP contribution in [0.5, 0.6) is 0 Å². The van der Waals surface area contributed by atoms with Crippen LogP contribution in [0.2, 0.25) is 0 Å². The Hall–Kier alpha value is 0.190. The first-order valence-electron chi connectivity index (χ1n) is 9.31. The molecule has 0 saturated heterocycles. The normalized spacial score (nSPS) is 11.3. The summed E-state index contributed by atoms with van der Waals surface area (Å²) in [6, 6.07) is 6.96. The Kier molecular flexibility index (Phi) is 9.41. The van der Waals surface area contributed by atoms with Gasteiger partial charge >= 0.3 is 0 Å². The molecule has 0 amide bonds. The Morgan fingerprint density at radius 1 is 1.00 bits per heavy atom. The molecule has 4 heteroatoms. The smallest absolute Gasteiger partial charge is 0.0803 e. The fourth-order valence-electron chi connectivity index (χ4n) is 3.03. The SMILES string of the molecule is CCCCCCc1cc(-c2ccc(I)n2CCCCCC)sc1Br. The van der Waals surface area contributed by atoms with Crippen LogP contribution in [-0.2, 0) is 13.0 Å². The van der Waals surface area contributed by atoms with Crippen LogP contribution >= 0.6 is 49.9 Å². The summed E-state index contributed by atoms with van der Waals surface area (Å²) in [6.07, 6.45) is 11.8. The van der Waals surface area contributed by atoms with E-state index in [1.807, 2.05) is 11.3 Å². The van der Waals surface area contributed by atoms with Crippen molar-refractivity contribution in [3.63, 3.8) is 0 Å². The Morgan fingerprint density at radius 3 is 2.42 bits per heavy atom. The molecule has 0 radical (unpaired) electrons. The number of hydrogen-bond donors (Lipinski definition) is 0. The highest BCUT2D eigenvalue weighted by molar-refractivity contribution is 14.1. The molecule has 2 heterocycles. The van der Waals surface area contributed by atoms with E-state index in [1.165, 1.54) is 81.4 Å². The molecule has 2 aromatic rings. The molecule has 0 aliphatic heterocycles. The van der Waals surface area contributed by atoms with Crippen LogP contribution in [0.25, 0.3) is 10.6 Å². The number of unbranched alkanes of at least 4 members (excludes halogenated alkanes) is 6. The van der Waals surface area contributed by atoms with Crippen LogP contribution in [-0.4, -0.2) is 4.57 Å². The third-order valence-electron chi connectivity index (χ3n) is 4.47. The number of thiophene rings is 1. The number of aryl methyl sites for hydroxylation is 1. The molecule has 0 atom stereocenters. The van der Waals surface area contributed by atoms with E-state index in [0.29, 0.717) is 0 Å². The Balaban J connectivity index is 2.05. The predicted molar refractivity (Wildman–Crippen MR) is 120 cm³/mol. The van der Waals surface area contributed by atoms with Gasteiger partial charge in [0.2, 0.25) is 0 Å². The maximum Gasteiger partial charge on any atom is 0.0803 e. The van der Waals surface area contributed by atoms with Gasteiger partial charge in [0, 0.05) is 6.54 Å². The summed E-state index contributed by atoms with van der Waals surface area (Å²) in [5, 5.41) is 0. The van der Waals surface area contributed by atoms with Crippen molar-refractivity contribution < 1.29 is 0 Å². The first-order chi connectivity index (χ1) is 11.7. The fourth-order valence-corrected chi connectivity index (χ4v) is 5.51. The topological polar surface area (TPSA) is 4.93 Å². The molecule has 0 fully saturated rings. The fraction of sp³-hybridized carbons (Fsp3) is 0.600. The van der Waals surface area contributed by atoms with Crippen LogP contribution in [0.15, 0.2) is 22.0 Å². The average molecular weight is 522 g/mol. The van der Waals surface area contributed by atoms with Gasteiger partial charge in [-0.3, -0.25) is 0 Å². The van der Waals surface area contributed by atoms with Crippen LogP contribution < -0.4 is 0 Å². The van der Waals surface area contributed by atoms with E-state index in [1.54, 1.807) is 0 Å². The van der Waals surface area contributed by atoms with Crippen molar-refractivity contribution >= 4 is 49.9 Å². The zero-order valence-electron chi connectivity index (χ0n) is 14.9. The molecule has 2 aromatic heterocycles. The monoisotopic (exact) mass is 521 g/mol. The number of rotatable bonds is 11. The highest BCUT2D eigenvalue weighted by Gasteiger charge is 2.13. The highest BCUT2D eigenvalue weighted by atomic mass is 127. The Bertz CT molecular complexity index is 617. The van der Waals surface area contributed by atoms with E-state index in [0.717, 1.165) is 6.54 Å². The zero-order valence-corrected chi connectivity index (χ0v) is 19.5. The Labute approximate surface area is 173 Å². The van der Waals surface area contributed by atoms with Gasteiger partial charge in [-0.1, -0.05) is 52.4 Å². The minimum Gasteiger partial charge on any atom is -0.335 e. The molecule has 0 saturated carbocycles. The summed E-state index contributed by atoms with van der Waals surface area (Å²) < 4.78 is 5.17. The van der Waals surface area contributed by atoms with E-state index in [2.05, 4.69) is 75.1 Å². The van der Waals surface area contributed by atoms with Crippen molar-refractivity contribution in [3.05, 3.63) is 31.2 Å². The van der Waals surface area contributed by atoms with Gasteiger partial charge in [0.05, 0.1) is 18.1 Å². The van der Waals surface area contributed by atoms with E-state index in [-0.39, 0.29) is 0 Å². The molecule has 0 N–H and O–H groups in total. The van der Waals surface area contributed by atoms with Crippen molar-refractivity contribution in [1.29, 1.82) is 0 Å². The number of hydrogen-bond acceptors (Lipinski definition) is 1. The third kappa shape index (κ3) is 5.87. The second kappa shape index (κ2) is 11.0. The van der Waals surface area contributed by atoms with Crippen LogP contribution in [0.4, 0.5) is 0 Å². The predicted octanol–water partition coefficient (Wildman–Crippen LogP) is 8.29. The maximum atomic E-state index is 3.80. The van der Waals surface area contributed by atoms with Gasteiger partial charge in [0.1, 0.15) is 0 Å². The van der Waals surface area contributed by atoms with Gasteiger partial charge in [-0.05, 0) is 81.5 Å². The van der Waals surface area contributed by atoms with E-state index >= 15 is 0 Å². The van der Waals surface area contributed by atoms with Gasteiger partial charge < -0.3 is 4.57 Å². The summed E-state index contributed by atoms with van der Waals surface area (Å²) in [5.41, 5.74) is 2.88. The molecular weight excluding hydrogens is 493 g/mol. The molecular formula is C20H29BrINS. The lowest BCUT2D eigenvalue weighted by atomic mass is 10.1. The standard InChI is InChI=1S/C20H29BrINS/c1-3-5-7-9-11-16-15-18(24-20(16)21)17-12-13-19(22)23(17)14-10-8-6-4-2/h12-13,15H,3-11,14H2,1-2H3. The quantitative estimate of drug-likeness (QED) is 0.207. The maximum absolute atomic E-state index is 3.80. The van der Waals surface area contributed by atoms with Gasteiger partial charge in [0.15, 0.2) is 0 Å². The molecule has 0 aliphatic carbocycles. The molecule has 2 rings (SSSR count). The molecule has 1 nitrogen and oxygen atoms in total. The van der Waals surface area contributed by atoms with Crippen LogP contribution in [0.1, 0.15) is 70.8 Å². The summed E-state index contributed by atoms with van der Waals surface area (Å²) in [4.78, 5) is 1.41. The molecule has 24 heavy (non-hydrogen) atoms. The number of halogens is 2. The first-order valence-corrected chi connectivity index (χ1v) is 12.0. The van der Waals surface area contributed by atoms with E-state index in [9.17, 15) is 0 Å². The second-order valence-electron chi connectivity index (χ2n) is 6.47. The molecule has 0 spiro atoms. The van der Waals surface area contributed by atoms with Gasteiger partial charge in [0.25, 0.3) is 0 Å². The highest BCUT2D eigenvalue weighted by Crippen LogP contribution is 2.37. The lowest BCUT2D eigenvalue weighted by molar-refractivity contribution is 0.581. The van der Waals surface area contributed by atoms with Crippen molar-refractivity contribution in [2.75, 3.05) is 0 Å². The minimum absolute atomic E-state index is 1.14. The summed E-state index contributed by atoms with van der Waals surface area (Å²) >= 11 is 8.16. The van der Waals surface area contributed by atoms with E-state index < -0.39 is 0 Å². The van der Waals surface area contributed by atoms with E-state index in [4.69, 9.17) is 0 Å². The Morgan fingerprint density at radius 2 is 1.71 bits per heavy atom. The second-order valence-corrected chi connectivity index (χ2v) is 9.95. The molecule has 0 unspecified atom stereocenters. The van der Waals surface area contributed by atoms with Crippen molar-refractivity contribution in [1.82, 2.24) is 4.57 Å². The molecule has 0 aliphatic rings. The molecule has 0 aromatic carbocycles. The lowest BCUT2D eigenvalue weighted by Crippen LogP contribution is -2.01. The van der Waals surface area contributed by atoms with Gasteiger partial charge in [-0.25, -0.2) is 0 Å². The zero-order chi connectivity index (χ0) is 17.4. The largest absolute Gasteiger partial charge is 0.335 e. The molecule has 134 valence electrons. The van der Waals surface area contributed by atoms with Gasteiger partial charge in [-0.2, -0.15) is 0 Å². The summed E-state index contributed by atoms with van der Waals surface area (Å²) in [6.45, 7) is 5.69. The van der Waals surface area contributed by atoms with Crippen LogP contribution in [0, 0.1) is 3.70 Å². The number of nitrogens with zero attached hydrogens (tertiary/aromatic N) is 1. The van der Waals surface area contributed by atoms with Gasteiger partial charge in [-0.15, -0.1) is 11.3 Å². The molecule has 0 bridgehead atoms. The average Bonchev–Trinajstić information content (AvgIpc) is 3.11. The minimum atomic E-state index is 1.14. The summed E-state index contributed by atoms with van der Waals surface area (Å²) in [7, 11) is 0. The van der Waals surface area contributed by atoms with Crippen molar-refractivity contribution in [3.8, 4) is 10.6 Å². The number of aromatic nitrogens is 1. The first kappa shape index (κ1) is 20.5. The lowest BCUT2D eigenvalue weighted by Gasteiger charge is -2.09. The van der Waals surface area contributed by atoms with Crippen molar-refractivity contribution in [2.45, 2.75) is 78.2 Å². The van der Waals surface area contributed by atoms with Crippen molar-refractivity contribution in [2.24, 2.45) is 0 Å².